The molecular weight excluding hydrogens is 329 g/mol. The number of nitrogens with one attached hydrogen (secondary N) is 1. The summed E-state index contributed by atoms with van der Waals surface area (Å²) in [4.78, 5) is 12.0. The minimum absolute atomic E-state index is 0.0303. The van der Waals surface area contributed by atoms with Gasteiger partial charge in [0.15, 0.2) is 0 Å². The number of hydrogen-bond acceptors (Lipinski definition) is 5. The third-order valence-corrected chi connectivity index (χ3v) is 3.24. The summed E-state index contributed by atoms with van der Waals surface area (Å²) in [6.07, 6.45) is 1.52. The topological polar surface area (TPSA) is 85.8 Å². The number of aromatic nitrogens is 4. The van der Waals surface area contributed by atoms with Crippen LogP contribution >= 0.6 is 23.2 Å². The molecule has 0 aliphatic carbocycles. The van der Waals surface area contributed by atoms with Gasteiger partial charge in [0, 0.05) is 28.9 Å². The maximum atomic E-state index is 12.0. The van der Waals surface area contributed by atoms with Crippen molar-refractivity contribution in [2.45, 2.75) is 0 Å². The lowest BCUT2D eigenvalue weighted by molar-refractivity contribution is 0.101. The maximum absolute atomic E-state index is 12.0. The van der Waals surface area contributed by atoms with Crippen LogP contribution in [-0.4, -0.2) is 25.9 Å². The number of amides is 1. The second-order valence-electron chi connectivity index (χ2n) is 4.36. The number of nitrogens with zero attached hydrogens (tertiary/aromatic N) is 4. The van der Waals surface area contributed by atoms with Crippen molar-refractivity contribution in [2.75, 3.05) is 5.32 Å². The van der Waals surface area contributed by atoms with Crippen LogP contribution < -0.4 is 5.32 Å². The Bertz CT molecular complexity index is 822. The molecule has 22 heavy (non-hydrogen) atoms. The van der Waals surface area contributed by atoms with E-state index in [1.165, 1.54) is 10.9 Å². The highest BCUT2D eigenvalue weighted by atomic mass is 35.5. The summed E-state index contributed by atoms with van der Waals surface area (Å²) >= 11 is 11.8. The van der Waals surface area contributed by atoms with E-state index in [2.05, 4.69) is 20.6 Å². The van der Waals surface area contributed by atoms with Crippen molar-refractivity contribution in [3.63, 3.8) is 0 Å². The molecule has 7 nitrogen and oxygen atoms in total. The van der Waals surface area contributed by atoms with E-state index in [4.69, 9.17) is 27.6 Å². The molecule has 0 saturated carbocycles. The van der Waals surface area contributed by atoms with Gasteiger partial charge in [-0.2, -0.15) is 5.10 Å². The van der Waals surface area contributed by atoms with Gasteiger partial charge in [-0.05, 0) is 24.3 Å². The summed E-state index contributed by atoms with van der Waals surface area (Å²) in [7, 11) is 1.65. The van der Waals surface area contributed by atoms with Crippen LogP contribution in [0.2, 0.25) is 10.0 Å². The van der Waals surface area contributed by atoms with E-state index in [0.717, 1.165) is 0 Å². The zero-order chi connectivity index (χ0) is 15.7. The molecule has 0 unspecified atom stereocenters. The van der Waals surface area contributed by atoms with Crippen LogP contribution in [0.3, 0.4) is 0 Å². The smallest absolute Gasteiger partial charge is 0.322 e. The van der Waals surface area contributed by atoms with E-state index < -0.39 is 5.91 Å². The Labute approximate surface area is 134 Å². The largest absolute Gasteiger partial charge is 0.403 e. The van der Waals surface area contributed by atoms with Crippen molar-refractivity contribution in [1.82, 2.24) is 20.0 Å². The number of benzene rings is 1. The highest BCUT2D eigenvalue weighted by Gasteiger charge is 2.15. The molecule has 0 aliphatic heterocycles. The van der Waals surface area contributed by atoms with E-state index in [1.807, 2.05) is 0 Å². The first-order chi connectivity index (χ1) is 10.5. The van der Waals surface area contributed by atoms with Gasteiger partial charge in [-0.25, -0.2) is 0 Å². The van der Waals surface area contributed by atoms with Crippen molar-refractivity contribution in [3.8, 4) is 11.5 Å². The van der Waals surface area contributed by atoms with E-state index in [0.29, 0.717) is 21.3 Å². The molecule has 2 aromatic heterocycles. The van der Waals surface area contributed by atoms with E-state index in [1.54, 1.807) is 31.3 Å². The first-order valence-electron chi connectivity index (χ1n) is 6.12. The molecule has 0 fully saturated rings. The van der Waals surface area contributed by atoms with Crippen molar-refractivity contribution in [2.24, 2.45) is 7.05 Å². The molecule has 0 aliphatic rings. The molecular formula is C13H9Cl2N5O2. The summed E-state index contributed by atoms with van der Waals surface area (Å²) in [5.74, 6) is -0.205. The Hall–Kier alpha value is -2.38. The number of carbonyl (C=O) groups is 1. The van der Waals surface area contributed by atoms with Crippen LogP contribution in [-0.2, 0) is 7.05 Å². The standard InChI is InChI=1S/C13H9Cl2N5O2/c1-20-10(2-3-16-20)11(21)17-13-19-18-12(22-13)7-4-8(14)6-9(15)5-7/h2-6H,1H3,(H,17,19,21). The van der Waals surface area contributed by atoms with Crippen LogP contribution in [0.25, 0.3) is 11.5 Å². The summed E-state index contributed by atoms with van der Waals surface area (Å²) in [5, 5.41) is 14.9. The van der Waals surface area contributed by atoms with Crippen LogP contribution in [0.1, 0.15) is 10.5 Å². The quantitative estimate of drug-likeness (QED) is 0.793. The van der Waals surface area contributed by atoms with Crippen LogP contribution in [0, 0.1) is 0 Å². The summed E-state index contributed by atoms with van der Waals surface area (Å²) in [6, 6.07) is 6.40. The van der Waals surface area contributed by atoms with Crippen LogP contribution in [0.15, 0.2) is 34.9 Å². The normalized spacial score (nSPS) is 10.7. The maximum Gasteiger partial charge on any atom is 0.322 e. The molecule has 1 aromatic carbocycles. The average molecular weight is 338 g/mol. The van der Waals surface area contributed by atoms with Crippen LogP contribution in [0.5, 0.6) is 0 Å². The molecule has 3 aromatic rings. The summed E-state index contributed by atoms with van der Waals surface area (Å²) in [6.45, 7) is 0. The van der Waals surface area contributed by atoms with Gasteiger partial charge in [-0.15, -0.1) is 5.10 Å². The van der Waals surface area contributed by atoms with Crippen molar-refractivity contribution >= 4 is 35.1 Å². The third kappa shape index (κ3) is 2.95. The van der Waals surface area contributed by atoms with Crippen LogP contribution in [0.4, 0.5) is 6.01 Å². The Morgan fingerprint density at radius 3 is 2.59 bits per heavy atom. The number of aryl methyl sites for hydroxylation is 1. The molecule has 0 saturated heterocycles. The Morgan fingerprint density at radius 2 is 1.95 bits per heavy atom. The van der Waals surface area contributed by atoms with Gasteiger partial charge in [-0.1, -0.05) is 28.3 Å². The SMILES string of the molecule is Cn1nccc1C(=O)Nc1nnc(-c2cc(Cl)cc(Cl)c2)o1. The molecule has 0 bridgehead atoms. The molecule has 112 valence electrons. The Kier molecular flexibility index (Phi) is 3.82. The van der Waals surface area contributed by atoms with Gasteiger partial charge in [0.05, 0.1) is 0 Å². The zero-order valence-electron chi connectivity index (χ0n) is 11.2. The lowest BCUT2D eigenvalue weighted by atomic mass is 10.2. The predicted octanol–water partition coefficient (Wildman–Crippen LogP) is 3.03. The van der Waals surface area contributed by atoms with Gasteiger partial charge in [0.2, 0.25) is 5.89 Å². The Balaban J connectivity index is 1.82. The summed E-state index contributed by atoms with van der Waals surface area (Å²) < 4.78 is 6.82. The fraction of sp³-hybridized carbons (Fsp3) is 0.0769. The molecule has 0 radical (unpaired) electrons. The number of halogens is 2. The minimum Gasteiger partial charge on any atom is -0.403 e. The van der Waals surface area contributed by atoms with Crippen molar-refractivity contribution in [3.05, 3.63) is 46.2 Å². The van der Waals surface area contributed by atoms with Gasteiger partial charge in [0.1, 0.15) is 5.69 Å². The lowest BCUT2D eigenvalue weighted by Gasteiger charge is -2.00. The van der Waals surface area contributed by atoms with E-state index >= 15 is 0 Å². The van der Waals surface area contributed by atoms with Gasteiger partial charge < -0.3 is 4.42 Å². The number of hydrogen-bond donors (Lipinski definition) is 1. The van der Waals surface area contributed by atoms with Gasteiger partial charge in [0.25, 0.3) is 5.91 Å². The first-order valence-corrected chi connectivity index (χ1v) is 6.88. The van der Waals surface area contributed by atoms with Crippen molar-refractivity contribution < 1.29 is 9.21 Å². The number of carbonyl (C=O) groups excluding carboxylic acids is 1. The van der Waals surface area contributed by atoms with Gasteiger partial charge >= 0.3 is 6.01 Å². The number of rotatable bonds is 3. The average Bonchev–Trinajstić information content (AvgIpc) is 3.06. The molecule has 2 heterocycles. The highest BCUT2D eigenvalue weighted by molar-refractivity contribution is 6.35. The first kappa shape index (κ1) is 14.6. The molecule has 3 rings (SSSR count). The highest BCUT2D eigenvalue weighted by Crippen LogP contribution is 2.27. The molecule has 1 N–H and O–H groups in total. The second kappa shape index (κ2) is 5.78. The molecule has 1 amide bonds. The van der Waals surface area contributed by atoms with Crippen molar-refractivity contribution in [1.29, 1.82) is 0 Å². The van der Waals surface area contributed by atoms with E-state index in [-0.39, 0.29) is 11.9 Å². The fourth-order valence-corrected chi connectivity index (χ4v) is 2.35. The summed E-state index contributed by atoms with van der Waals surface area (Å²) in [5.41, 5.74) is 0.927. The number of anilines is 1. The Morgan fingerprint density at radius 1 is 1.23 bits per heavy atom. The lowest BCUT2D eigenvalue weighted by Crippen LogP contribution is -2.16. The second-order valence-corrected chi connectivity index (χ2v) is 5.24. The van der Waals surface area contributed by atoms with E-state index in [9.17, 15) is 4.79 Å². The molecule has 0 atom stereocenters. The minimum atomic E-state index is -0.403. The molecule has 0 spiro atoms. The third-order valence-electron chi connectivity index (χ3n) is 2.81. The fourth-order valence-electron chi connectivity index (χ4n) is 1.83. The zero-order valence-corrected chi connectivity index (χ0v) is 12.8. The predicted molar refractivity (Wildman–Crippen MR) is 80.9 cm³/mol. The van der Waals surface area contributed by atoms with Gasteiger partial charge in [-0.3, -0.25) is 14.8 Å². The molecule has 9 heteroatoms. The monoisotopic (exact) mass is 337 g/mol.